The van der Waals surface area contributed by atoms with Gasteiger partial charge in [-0.1, -0.05) is 6.07 Å². The molecular formula is C16H14FNO2. The number of halogens is 1. The Morgan fingerprint density at radius 3 is 2.55 bits per heavy atom. The van der Waals surface area contributed by atoms with E-state index in [2.05, 4.69) is 0 Å². The van der Waals surface area contributed by atoms with Gasteiger partial charge in [0.15, 0.2) is 0 Å². The number of aliphatic hydroxyl groups is 1. The smallest absolute Gasteiger partial charge is 0.134 e. The third-order valence-corrected chi connectivity index (χ3v) is 2.95. The summed E-state index contributed by atoms with van der Waals surface area (Å²) in [6, 6.07) is 11.0. The van der Waals surface area contributed by atoms with Crippen molar-refractivity contribution in [3.63, 3.8) is 0 Å². The fourth-order valence-corrected chi connectivity index (χ4v) is 1.88. The number of rotatable bonds is 3. The zero-order chi connectivity index (χ0) is 14.7. The summed E-state index contributed by atoms with van der Waals surface area (Å²) in [5, 5.41) is 18.7. The van der Waals surface area contributed by atoms with Crippen molar-refractivity contribution in [1.29, 1.82) is 5.26 Å². The van der Waals surface area contributed by atoms with Gasteiger partial charge in [-0.25, -0.2) is 4.39 Å². The van der Waals surface area contributed by atoms with Gasteiger partial charge in [0.25, 0.3) is 0 Å². The topological polar surface area (TPSA) is 53.2 Å². The minimum atomic E-state index is -0.724. The number of ether oxygens (including phenoxy) is 1. The van der Waals surface area contributed by atoms with Crippen molar-refractivity contribution in [2.24, 2.45) is 0 Å². The van der Waals surface area contributed by atoms with Crippen molar-refractivity contribution in [2.45, 2.75) is 20.0 Å². The van der Waals surface area contributed by atoms with Crippen LogP contribution in [0.2, 0.25) is 0 Å². The van der Waals surface area contributed by atoms with E-state index in [9.17, 15) is 9.50 Å². The first-order valence-electron chi connectivity index (χ1n) is 6.17. The molecule has 2 aromatic carbocycles. The lowest BCUT2D eigenvalue weighted by Crippen LogP contribution is -1.98. The van der Waals surface area contributed by atoms with Crippen LogP contribution < -0.4 is 4.74 Å². The normalized spacial score (nSPS) is 11.8. The molecule has 0 spiro atoms. The second-order valence-corrected chi connectivity index (χ2v) is 4.55. The number of benzene rings is 2. The summed E-state index contributed by atoms with van der Waals surface area (Å²) in [6.45, 7) is 3.35. The molecule has 0 aliphatic rings. The Bertz CT molecular complexity index is 675. The van der Waals surface area contributed by atoms with E-state index in [1.54, 1.807) is 32.0 Å². The molecule has 0 aromatic heterocycles. The predicted molar refractivity (Wildman–Crippen MR) is 73.0 cm³/mol. The maximum absolute atomic E-state index is 13.1. The highest BCUT2D eigenvalue weighted by molar-refractivity contribution is 5.46. The second kappa shape index (κ2) is 5.72. The van der Waals surface area contributed by atoms with Gasteiger partial charge in [-0.05, 0) is 49.7 Å². The number of hydrogen-bond donors (Lipinski definition) is 1. The standard InChI is InChI=1S/C16H14FNO2/c1-10-7-13(17)4-6-15(10)20-16-8-12(9-18)3-5-14(16)11(2)19/h3-8,11,19H,1-2H3/t11-/m1/s1. The molecule has 0 heterocycles. The number of aliphatic hydroxyl groups excluding tert-OH is 1. The van der Waals surface area contributed by atoms with E-state index < -0.39 is 6.10 Å². The Morgan fingerprint density at radius 2 is 1.95 bits per heavy atom. The highest BCUT2D eigenvalue weighted by atomic mass is 19.1. The molecule has 0 saturated carbocycles. The first kappa shape index (κ1) is 14.0. The number of nitriles is 1. The highest BCUT2D eigenvalue weighted by Gasteiger charge is 2.12. The molecule has 0 aliphatic heterocycles. The number of hydrogen-bond acceptors (Lipinski definition) is 3. The SMILES string of the molecule is Cc1cc(F)ccc1Oc1cc(C#N)ccc1[C@@H](C)O. The lowest BCUT2D eigenvalue weighted by atomic mass is 10.1. The van der Waals surface area contributed by atoms with Crippen LogP contribution in [0.4, 0.5) is 4.39 Å². The maximum Gasteiger partial charge on any atom is 0.134 e. The zero-order valence-corrected chi connectivity index (χ0v) is 11.2. The molecule has 0 radical (unpaired) electrons. The van der Waals surface area contributed by atoms with Crippen molar-refractivity contribution in [2.75, 3.05) is 0 Å². The molecule has 3 nitrogen and oxygen atoms in total. The molecule has 0 aliphatic carbocycles. The van der Waals surface area contributed by atoms with Gasteiger partial charge < -0.3 is 9.84 Å². The van der Waals surface area contributed by atoms with Gasteiger partial charge in [0.05, 0.1) is 17.7 Å². The number of nitrogens with zero attached hydrogens (tertiary/aromatic N) is 1. The number of aryl methyl sites for hydroxylation is 1. The molecule has 2 aromatic rings. The van der Waals surface area contributed by atoms with Crippen LogP contribution >= 0.6 is 0 Å². The average molecular weight is 271 g/mol. The molecule has 0 saturated heterocycles. The Hall–Kier alpha value is -2.38. The maximum atomic E-state index is 13.1. The van der Waals surface area contributed by atoms with E-state index in [4.69, 9.17) is 10.00 Å². The van der Waals surface area contributed by atoms with E-state index in [1.807, 2.05) is 6.07 Å². The Kier molecular flexibility index (Phi) is 4.02. The second-order valence-electron chi connectivity index (χ2n) is 4.55. The molecular weight excluding hydrogens is 257 g/mol. The summed E-state index contributed by atoms with van der Waals surface area (Å²) in [5.41, 5.74) is 1.65. The van der Waals surface area contributed by atoms with Gasteiger partial charge in [-0.2, -0.15) is 5.26 Å². The Labute approximate surface area is 116 Å². The van der Waals surface area contributed by atoms with Crippen molar-refractivity contribution < 1.29 is 14.2 Å². The molecule has 0 unspecified atom stereocenters. The van der Waals surface area contributed by atoms with Crippen LogP contribution in [0.15, 0.2) is 36.4 Å². The first-order valence-corrected chi connectivity index (χ1v) is 6.17. The molecule has 2 rings (SSSR count). The van der Waals surface area contributed by atoms with Crippen LogP contribution in [0.3, 0.4) is 0 Å². The summed E-state index contributed by atoms with van der Waals surface area (Å²) >= 11 is 0. The fraction of sp³-hybridized carbons (Fsp3) is 0.188. The predicted octanol–water partition coefficient (Wildman–Crippen LogP) is 3.85. The van der Waals surface area contributed by atoms with Crippen molar-refractivity contribution in [3.8, 4) is 17.6 Å². The third-order valence-electron chi connectivity index (χ3n) is 2.95. The summed E-state index contributed by atoms with van der Waals surface area (Å²) < 4.78 is 18.8. The minimum absolute atomic E-state index is 0.337. The average Bonchev–Trinajstić information content (AvgIpc) is 2.41. The van der Waals surface area contributed by atoms with E-state index in [1.165, 1.54) is 18.2 Å². The molecule has 4 heteroatoms. The minimum Gasteiger partial charge on any atom is -0.457 e. The molecule has 102 valence electrons. The lowest BCUT2D eigenvalue weighted by molar-refractivity contribution is 0.195. The monoisotopic (exact) mass is 271 g/mol. The van der Waals surface area contributed by atoms with Crippen LogP contribution in [0.1, 0.15) is 29.7 Å². The van der Waals surface area contributed by atoms with E-state index >= 15 is 0 Å². The van der Waals surface area contributed by atoms with Gasteiger partial charge in [-0.15, -0.1) is 0 Å². The molecule has 1 atom stereocenters. The van der Waals surface area contributed by atoms with E-state index in [-0.39, 0.29) is 5.82 Å². The van der Waals surface area contributed by atoms with Gasteiger partial charge in [0.2, 0.25) is 0 Å². The van der Waals surface area contributed by atoms with Crippen LogP contribution in [0.5, 0.6) is 11.5 Å². The lowest BCUT2D eigenvalue weighted by Gasteiger charge is -2.15. The third kappa shape index (κ3) is 2.95. The van der Waals surface area contributed by atoms with E-state index in [0.29, 0.717) is 28.2 Å². The van der Waals surface area contributed by atoms with Crippen molar-refractivity contribution in [3.05, 3.63) is 58.9 Å². The van der Waals surface area contributed by atoms with Crippen LogP contribution in [-0.4, -0.2) is 5.11 Å². The molecule has 0 fully saturated rings. The summed E-state index contributed by atoms with van der Waals surface area (Å²) in [6.07, 6.45) is -0.724. The van der Waals surface area contributed by atoms with Crippen molar-refractivity contribution >= 4 is 0 Å². The molecule has 0 amide bonds. The Balaban J connectivity index is 2.43. The van der Waals surface area contributed by atoms with Crippen LogP contribution in [-0.2, 0) is 0 Å². The van der Waals surface area contributed by atoms with Gasteiger partial charge in [0.1, 0.15) is 17.3 Å². The highest BCUT2D eigenvalue weighted by Crippen LogP contribution is 2.32. The quantitative estimate of drug-likeness (QED) is 0.922. The fourth-order valence-electron chi connectivity index (χ4n) is 1.88. The molecule has 1 N–H and O–H groups in total. The van der Waals surface area contributed by atoms with Gasteiger partial charge in [0, 0.05) is 5.56 Å². The van der Waals surface area contributed by atoms with Crippen LogP contribution in [0, 0.1) is 24.1 Å². The molecule has 0 bridgehead atoms. The van der Waals surface area contributed by atoms with Crippen molar-refractivity contribution in [1.82, 2.24) is 0 Å². The summed E-state index contributed by atoms with van der Waals surface area (Å²) in [4.78, 5) is 0. The molecule has 20 heavy (non-hydrogen) atoms. The van der Waals surface area contributed by atoms with E-state index in [0.717, 1.165) is 0 Å². The van der Waals surface area contributed by atoms with Gasteiger partial charge >= 0.3 is 0 Å². The first-order chi connectivity index (χ1) is 9.51. The summed E-state index contributed by atoms with van der Waals surface area (Å²) in [7, 11) is 0. The van der Waals surface area contributed by atoms with Crippen LogP contribution in [0.25, 0.3) is 0 Å². The largest absolute Gasteiger partial charge is 0.457 e. The van der Waals surface area contributed by atoms with Gasteiger partial charge in [-0.3, -0.25) is 0 Å². The summed E-state index contributed by atoms with van der Waals surface area (Å²) in [5.74, 6) is 0.550. The Morgan fingerprint density at radius 1 is 1.20 bits per heavy atom. The zero-order valence-electron chi connectivity index (χ0n) is 11.2.